The molecule has 16 nitrogen and oxygen atoms in total. The first-order valence-electron chi connectivity index (χ1n) is 20.3. The number of aromatic carboxylic acids is 1. The minimum Gasteiger partial charge on any atom is -0.507 e. The third-order valence-corrected chi connectivity index (χ3v) is 11.3. The van der Waals surface area contributed by atoms with Crippen molar-refractivity contribution in [3.8, 4) is 67.5 Å². The van der Waals surface area contributed by atoms with E-state index in [0.29, 0.717) is 89.4 Å². The third-order valence-electron chi connectivity index (χ3n) is 11.3. The van der Waals surface area contributed by atoms with Crippen LogP contribution >= 0.6 is 0 Å². The lowest BCUT2D eigenvalue weighted by molar-refractivity contribution is 0.0588. The Morgan fingerprint density at radius 2 is 0.657 bits per heavy atom. The lowest BCUT2D eigenvalue weighted by Crippen LogP contribution is -2.01. The standard InChI is InChI=1S/C51H36N4O12/c1-65-49(62)29-9-5-25(21-41(29)57)45-34-14-12-32(52-34)44(24-4-8-28(48(60)61)40(56)20-24)33-13-15-35(53-33)46(26-6-10-30(42(58)22-26)50(63)66-2)37-17-19-39(55-37)47(38-18-16-36(45)54-38)27-7-11-31(43(59)23-27)51(64)67-3/h4-23,52,55-59H,1-3H3,(H,60,61). The van der Waals surface area contributed by atoms with Crippen LogP contribution in [0.1, 0.15) is 64.2 Å². The van der Waals surface area contributed by atoms with Crippen molar-refractivity contribution in [2.75, 3.05) is 21.3 Å². The molecule has 0 unspecified atom stereocenters. The molecule has 0 saturated carbocycles. The summed E-state index contributed by atoms with van der Waals surface area (Å²) in [7, 11) is 3.61. The average Bonchev–Trinajstić information content (AvgIpc) is 4.17. The number of carboxylic acids is 1. The fraction of sp³-hybridized carbons (Fsp3) is 0.0588. The second-order valence-electron chi connectivity index (χ2n) is 15.2. The number of ether oxygens (including phenoxy) is 3. The number of carboxylic acid groups (broad SMARTS) is 1. The maximum absolute atomic E-state index is 12.5. The zero-order chi connectivity index (χ0) is 47.3. The van der Waals surface area contributed by atoms with E-state index in [1.54, 1.807) is 72.8 Å². The van der Waals surface area contributed by atoms with Gasteiger partial charge in [-0.3, -0.25) is 0 Å². The number of hydrogen-bond donors (Lipinski definition) is 7. The highest BCUT2D eigenvalue weighted by Crippen LogP contribution is 2.41. The number of benzene rings is 4. The molecule has 0 spiro atoms. The Morgan fingerprint density at radius 3 is 0.881 bits per heavy atom. The van der Waals surface area contributed by atoms with Gasteiger partial charge in [0.1, 0.15) is 45.3 Å². The van der Waals surface area contributed by atoms with Crippen LogP contribution < -0.4 is 0 Å². The van der Waals surface area contributed by atoms with Crippen LogP contribution in [0.4, 0.5) is 0 Å². The summed E-state index contributed by atoms with van der Waals surface area (Å²) in [6.07, 6.45) is 6.98. The molecule has 2 aliphatic rings. The molecular weight excluding hydrogens is 861 g/mol. The lowest BCUT2D eigenvalue weighted by Gasteiger charge is -2.10. The van der Waals surface area contributed by atoms with Gasteiger partial charge in [-0.1, -0.05) is 24.3 Å². The third kappa shape index (κ3) is 7.63. The second-order valence-corrected chi connectivity index (χ2v) is 15.2. The summed E-state index contributed by atoms with van der Waals surface area (Å²) in [4.78, 5) is 66.8. The molecule has 0 aliphatic carbocycles. The predicted molar refractivity (Wildman–Crippen MR) is 248 cm³/mol. The molecule has 2 aliphatic heterocycles. The fourth-order valence-corrected chi connectivity index (χ4v) is 8.20. The first kappa shape index (κ1) is 42.8. The largest absolute Gasteiger partial charge is 0.507 e. The van der Waals surface area contributed by atoms with E-state index >= 15 is 0 Å². The molecule has 3 aromatic heterocycles. The van der Waals surface area contributed by atoms with Crippen LogP contribution in [0.3, 0.4) is 0 Å². The smallest absolute Gasteiger partial charge is 0.341 e. The summed E-state index contributed by atoms with van der Waals surface area (Å²) in [5.41, 5.74) is 6.52. The summed E-state index contributed by atoms with van der Waals surface area (Å²) in [6, 6.07) is 24.7. The minimum atomic E-state index is -1.33. The molecule has 8 bridgehead atoms. The number of carbonyl (C=O) groups excluding carboxylic acids is 3. The summed E-state index contributed by atoms with van der Waals surface area (Å²) >= 11 is 0. The number of rotatable bonds is 8. The van der Waals surface area contributed by atoms with Crippen LogP contribution in [0.5, 0.6) is 23.0 Å². The fourth-order valence-electron chi connectivity index (χ4n) is 8.20. The molecule has 4 aromatic carbocycles. The highest BCUT2D eigenvalue weighted by Gasteiger charge is 2.23. The SMILES string of the molecule is COC(=O)c1ccc(-c2c3nc(c(-c4ccc(C(=O)OC)c(O)c4)c4ccc([nH]4)c(-c4ccc(C(=O)OC)c(O)c4)c4nc(c(-c5ccc(C(=O)O)c(O)c5)c5ccc2[nH]5)C=C4)C=C3)cc1O. The molecule has 67 heavy (non-hydrogen) atoms. The quantitative estimate of drug-likeness (QED) is 0.0555. The van der Waals surface area contributed by atoms with Crippen molar-refractivity contribution in [1.29, 1.82) is 0 Å². The zero-order valence-electron chi connectivity index (χ0n) is 35.5. The van der Waals surface area contributed by atoms with Crippen molar-refractivity contribution >= 4 is 70.2 Å². The van der Waals surface area contributed by atoms with E-state index in [1.165, 1.54) is 69.9 Å². The minimum absolute atomic E-state index is 0.0649. The number of H-pyrrole nitrogens is 2. The van der Waals surface area contributed by atoms with Gasteiger partial charge in [-0.15, -0.1) is 0 Å². The van der Waals surface area contributed by atoms with Crippen molar-refractivity contribution in [3.05, 3.63) is 142 Å². The number of nitrogens with zero attached hydrogens (tertiary/aromatic N) is 2. The van der Waals surface area contributed by atoms with E-state index in [2.05, 4.69) is 9.97 Å². The molecule has 9 rings (SSSR count). The Balaban J connectivity index is 1.45. The number of aromatic nitrogens is 4. The van der Waals surface area contributed by atoms with Gasteiger partial charge in [0, 0.05) is 44.3 Å². The molecule has 0 radical (unpaired) electrons. The number of aromatic amines is 2. The normalized spacial score (nSPS) is 11.6. The Morgan fingerprint density at radius 1 is 0.403 bits per heavy atom. The zero-order valence-corrected chi connectivity index (χ0v) is 35.5. The van der Waals surface area contributed by atoms with Crippen molar-refractivity contribution in [2.45, 2.75) is 0 Å². The van der Waals surface area contributed by atoms with Gasteiger partial charge in [-0.05, 0) is 119 Å². The first-order valence-corrected chi connectivity index (χ1v) is 20.3. The summed E-state index contributed by atoms with van der Waals surface area (Å²) in [6.45, 7) is 0. The molecule has 7 N–H and O–H groups in total. The number of hydrogen-bond acceptors (Lipinski definition) is 13. The summed E-state index contributed by atoms with van der Waals surface area (Å²) < 4.78 is 14.6. The van der Waals surface area contributed by atoms with Crippen molar-refractivity contribution in [1.82, 2.24) is 19.9 Å². The van der Waals surface area contributed by atoms with Gasteiger partial charge in [0.25, 0.3) is 0 Å². The topological polar surface area (TPSA) is 254 Å². The number of phenols is 4. The number of fused-ring (bicyclic) bond motifs is 8. The molecule has 16 heteroatoms. The Labute approximate surface area is 379 Å². The van der Waals surface area contributed by atoms with Gasteiger partial charge in [-0.2, -0.15) is 0 Å². The van der Waals surface area contributed by atoms with Crippen LogP contribution in [-0.2, 0) is 14.2 Å². The first-order chi connectivity index (χ1) is 32.3. The van der Waals surface area contributed by atoms with Crippen LogP contribution in [-0.4, -0.2) is 90.7 Å². The van der Waals surface area contributed by atoms with Crippen LogP contribution in [0.25, 0.3) is 90.9 Å². The molecule has 0 fully saturated rings. The molecule has 0 saturated heterocycles. The van der Waals surface area contributed by atoms with Gasteiger partial charge in [0.15, 0.2) is 0 Å². The van der Waals surface area contributed by atoms with Gasteiger partial charge < -0.3 is 49.7 Å². The number of phenolic OH excluding ortho intramolecular Hbond substituents is 3. The molecular formula is C51H36N4O12. The molecule has 5 heterocycles. The highest BCUT2D eigenvalue weighted by molar-refractivity contribution is 6.03. The van der Waals surface area contributed by atoms with Crippen molar-refractivity contribution < 1.29 is 58.9 Å². The van der Waals surface area contributed by atoms with Gasteiger partial charge in [-0.25, -0.2) is 29.1 Å². The van der Waals surface area contributed by atoms with Crippen LogP contribution in [0, 0.1) is 0 Å². The number of aromatic hydroxyl groups is 4. The van der Waals surface area contributed by atoms with E-state index in [-0.39, 0.29) is 39.5 Å². The monoisotopic (exact) mass is 896 g/mol. The second kappa shape index (κ2) is 16.9. The van der Waals surface area contributed by atoms with E-state index in [0.717, 1.165) is 0 Å². The van der Waals surface area contributed by atoms with Crippen LogP contribution in [0.2, 0.25) is 0 Å². The van der Waals surface area contributed by atoms with Crippen molar-refractivity contribution in [3.63, 3.8) is 0 Å². The average molecular weight is 897 g/mol. The Bertz CT molecular complexity index is 3460. The maximum atomic E-state index is 12.5. The molecule has 0 atom stereocenters. The Hall–Kier alpha value is -9.44. The molecule has 7 aromatic rings. The van der Waals surface area contributed by atoms with E-state index in [9.17, 15) is 44.7 Å². The number of methoxy groups -OCH3 is 3. The maximum Gasteiger partial charge on any atom is 0.341 e. The van der Waals surface area contributed by atoms with Gasteiger partial charge >= 0.3 is 23.9 Å². The number of nitrogens with one attached hydrogen (secondary N) is 2. The lowest BCUT2D eigenvalue weighted by atomic mass is 10.0. The van der Waals surface area contributed by atoms with Crippen LogP contribution in [0.15, 0.2) is 97.1 Å². The van der Waals surface area contributed by atoms with Gasteiger partial charge in [0.05, 0.1) is 44.1 Å². The molecule has 0 amide bonds. The predicted octanol–water partition coefficient (Wildman–Crippen LogP) is 9.20. The molecule has 332 valence electrons. The summed E-state index contributed by atoms with van der Waals surface area (Å²) in [5, 5.41) is 54.1. The van der Waals surface area contributed by atoms with E-state index in [1.807, 2.05) is 0 Å². The number of carbonyl (C=O) groups is 4. The Kier molecular flexibility index (Phi) is 10.8. The van der Waals surface area contributed by atoms with E-state index in [4.69, 9.17) is 24.2 Å². The summed E-state index contributed by atoms with van der Waals surface area (Å²) in [5.74, 6) is -5.12. The number of esters is 3. The highest BCUT2D eigenvalue weighted by atomic mass is 16.5. The van der Waals surface area contributed by atoms with Crippen molar-refractivity contribution in [2.24, 2.45) is 0 Å². The van der Waals surface area contributed by atoms with E-state index < -0.39 is 29.6 Å². The van der Waals surface area contributed by atoms with Gasteiger partial charge in [0.2, 0.25) is 0 Å².